The van der Waals surface area contributed by atoms with Crippen LogP contribution in [0.2, 0.25) is 0 Å². The molecule has 5 nitrogen and oxygen atoms in total. The van der Waals surface area contributed by atoms with Crippen molar-refractivity contribution < 1.29 is 4.79 Å². The van der Waals surface area contributed by atoms with E-state index in [4.69, 9.17) is 5.73 Å². The van der Waals surface area contributed by atoms with Crippen molar-refractivity contribution in [2.75, 3.05) is 19.6 Å². The maximum Gasteiger partial charge on any atom is 0.315 e. The molecule has 1 saturated heterocycles. The van der Waals surface area contributed by atoms with Crippen molar-refractivity contribution in [3.05, 3.63) is 36.2 Å². The monoisotopic (exact) mass is 220 g/mol. The zero-order chi connectivity index (χ0) is 11.4. The van der Waals surface area contributed by atoms with E-state index < -0.39 is 0 Å². The van der Waals surface area contributed by atoms with Crippen LogP contribution >= 0.6 is 0 Å². The molecular formula is C11H16N4O. The Balaban J connectivity index is 2.16. The molecule has 0 spiro atoms. The highest BCUT2D eigenvalue weighted by Crippen LogP contribution is 2.14. The number of piperazine rings is 1. The minimum Gasteiger partial charge on any atom is -0.367 e. The van der Waals surface area contributed by atoms with Crippen LogP contribution < -0.4 is 16.4 Å². The van der Waals surface area contributed by atoms with E-state index in [1.54, 1.807) is 4.90 Å². The van der Waals surface area contributed by atoms with Crippen LogP contribution in [0.25, 0.3) is 0 Å². The molecule has 0 bridgehead atoms. The summed E-state index contributed by atoms with van der Waals surface area (Å²) in [6, 6.07) is -0.354. The van der Waals surface area contributed by atoms with Gasteiger partial charge in [-0.1, -0.05) is 12.2 Å². The lowest BCUT2D eigenvalue weighted by Gasteiger charge is -2.35. The Morgan fingerprint density at radius 1 is 1.50 bits per heavy atom. The van der Waals surface area contributed by atoms with Gasteiger partial charge in [0.1, 0.15) is 0 Å². The number of rotatable bonds is 1. The van der Waals surface area contributed by atoms with Gasteiger partial charge in [-0.2, -0.15) is 0 Å². The number of hydrogen-bond donors (Lipinski definition) is 3. The third-order valence-corrected chi connectivity index (χ3v) is 2.75. The van der Waals surface area contributed by atoms with Gasteiger partial charge in [0.2, 0.25) is 0 Å². The first kappa shape index (κ1) is 10.8. The Morgan fingerprint density at radius 3 is 3.19 bits per heavy atom. The topological polar surface area (TPSA) is 70.4 Å². The number of nitrogens with one attached hydrogen (secondary N) is 2. The Kier molecular flexibility index (Phi) is 3.26. The van der Waals surface area contributed by atoms with Crippen LogP contribution in [0.3, 0.4) is 0 Å². The van der Waals surface area contributed by atoms with Gasteiger partial charge in [-0.15, -0.1) is 0 Å². The second kappa shape index (κ2) is 4.85. The Bertz CT molecular complexity index is 359. The zero-order valence-electron chi connectivity index (χ0n) is 9.02. The number of allylic oxidation sites excluding steroid dienone is 2. The molecule has 2 aliphatic heterocycles. The van der Waals surface area contributed by atoms with E-state index in [1.807, 2.05) is 30.6 Å². The number of carbonyl (C=O) groups is 1. The summed E-state index contributed by atoms with van der Waals surface area (Å²) in [5.41, 5.74) is 6.43. The Labute approximate surface area is 94.7 Å². The number of nitrogens with two attached hydrogens (primary N) is 1. The molecule has 0 aromatic carbocycles. The summed E-state index contributed by atoms with van der Waals surface area (Å²) in [6.45, 7) is 2.18. The van der Waals surface area contributed by atoms with E-state index in [0.717, 1.165) is 18.7 Å². The minimum atomic E-state index is -0.363. The molecule has 16 heavy (non-hydrogen) atoms. The third-order valence-electron chi connectivity index (χ3n) is 2.75. The van der Waals surface area contributed by atoms with Crippen LogP contribution in [-0.4, -0.2) is 36.6 Å². The van der Waals surface area contributed by atoms with Crippen molar-refractivity contribution in [2.24, 2.45) is 5.73 Å². The largest absolute Gasteiger partial charge is 0.367 e. The number of primary amides is 1. The van der Waals surface area contributed by atoms with Crippen LogP contribution in [0.4, 0.5) is 4.79 Å². The van der Waals surface area contributed by atoms with Crippen molar-refractivity contribution in [2.45, 2.75) is 6.04 Å². The fraction of sp³-hybridized carbons (Fsp3) is 0.364. The number of urea groups is 1. The van der Waals surface area contributed by atoms with Gasteiger partial charge in [0, 0.05) is 32.0 Å². The summed E-state index contributed by atoms with van der Waals surface area (Å²) in [6.07, 6.45) is 9.58. The predicted octanol–water partition coefficient (Wildman–Crippen LogP) is -0.104. The molecule has 0 aromatic rings. The second-order valence-corrected chi connectivity index (χ2v) is 3.78. The Morgan fingerprint density at radius 2 is 2.38 bits per heavy atom. The van der Waals surface area contributed by atoms with Crippen LogP contribution in [0, 0.1) is 0 Å². The molecular weight excluding hydrogens is 204 g/mol. The molecule has 0 radical (unpaired) electrons. The van der Waals surface area contributed by atoms with Gasteiger partial charge in [-0.25, -0.2) is 4.79 Å². The summed E-state index contributed by atoms with van der Waals surface area (Å²) in [7, 11) is 0. The van der Waals surface area contributed by atoms with Crippen LogP contribution in [0.5, 0.6) is 0 Å². The molecule has 1 fully saturated rings. The standard InChI is InChI=1S/C11H16N4O/c12-11(16)15-6-5-14-8-10(15)9-3-1-2-4-13-7-9/h1-4,7,10,13-14H,5-6,8H2,(H2,12,16). The average molecular weight is 220 g/mol. The lowest BCUT2D eigenvalue weighted by molar-refractivity contribution is 0.179. The van der Waals surface area contributed by atoms with Gasteiger partial charge in [0.15, 0.2) is 0 Å². The first-order valence-electron chi connectivity index (χ1n) is 5.35. The summed E-state index contributed by atoms with van der Waals surface area (Å²) in [4.78, 5) is 13.0. The lowest BCUT2D eigenvalue weighted by Crippen LogP contribution is -2.55. The highest BCUT2D eigenvalue weighted by molar-refractivity contribution is 5.73. The maximum absolute atomic E-state index is 11.3. The summed E-state index contributed by atoms with van der Waals surface area (Å²) in [5.74, 6) is 0. The predicted molar refractivity (Wildman–Crippen MR) is 62.4 cm³/mol. The highest BCUT2D eigenvalue weighted by Gasteiger charge is 2.26. The van der Waals surface area contributed by atoms with Gasteiger partial charge in [-0.05, 0) is 11.6 Å². The molecule has 4 N–H and O–H groups in total. The van der Waals surface area contributed by atoms with E-state index >= 15 is 0 Å². The van der Waals surface area contributed by atoms with Gasteiger partial charge in [-0.3, -0.25) is 0 Å². The van der Waals surface area contributed by atoms with Crippen LogP contribution in [-0.2, 0) is 0 Å². The molecule has 0 aromatic heterocycles. The third kappa shape index (κ3) is 2.25. The summed E-state index contributed by atoms with van der Waals surface area (Å²) >= 11 is 0. The van der Waals surface area contributed by atoms with Crippen LogP contribution in [0.1, 0.15) is 0 Å². The van der Waals surface area contributed by atoms with Gasteiger partial charge in [0.25, 0.3) is 0 Å². The molecule has 86 valence electrons. The zero-order valence-corrected chi connectivity index (χ0v) is 9.02. The molecule has 1 unspecified atom stereocenters. The van der Waals surface area contributed by atoms with Crippen molar-refractivity contribution in [1.29, 1.82) is 0 Å². The summed E-state index contributed by atoms with van der Waals surface area (Å²) < 4.78 is 0. The van der Waals surface area contributed by atoms with Gasteiger partial charge >= 0.3 is 6.03 Å². The Hall–Kier alpha value is -1.75. The van der Waals surface area contributed by atoms with Crippen LogP contribution in [0.15, 0.2) is 36.2 Å². The molecule has 2 aliphatic rings. The van der Waals surface area contributed by atoms with E-state index in [0.29, 0.717) is 6.54 Å². The quantitative estimate of drug-likeness (QED) is 0.577. The molecule has 2 rings (SSSR count). The number of carbonyl (C=O) groups excluding carboxylic acids is 1. The van der Waals surface area contributed by atoms with Crippen molar-refractivity contribution in [1.82, 2.24) is 15.5 Å². The van der Waals surface area contributed by atoms with Gasteiger partial charge < -0.3 is 21.3 Å². The smallest absolute Gasteiger partial charge is 0.315 e. The summed E-state index contributed by atoms with van der Waals surface area (Å²) in [5, 5.41) is 6.31. The van der Waals surface area contributed by atoms with E-state index in [-0.39, 0.29) is 12.1 Å². The number of hydrogen-bond acceptors (Lipinski definition) is 3. The molecule has 5 heteroatoms. The minimum absolute atomic E-state index is 0.00917. The lowest BCUT2D eigenvalue weighted by atomic mass is 10.0. The normalized spacial score (nSPS) is 24.6. The fourth-order valence-electron chi connectivity index (χ4n) is 1.94. The second-order valence-electron chi connectivity index (χ2n) is 3.78. The molecule has 2 heterocycles. The van der Waals surface area contributed by atoms with Crippen molar-refractivity contribution in [3.63, 3.8) is 0 Å². The van der Waals surface area contributed by atoms with E-state index in [9.17, 15) is 4.79 Å². The molecule has 2 amide bonds. The fourth-order valence-corrected chi connectivity index (χ4v) is 1.94. The molecule has 0 saturated carbocycles. The van der Waals surface area contributed by atoms with E-state index in [2.05, 4.69) is 10.6 Å². The van der Waals surface area contributed by atoms with Gasteiger partial charge in [0.05, 0.1) is 6.04 Å². The number of nitrogens with zero attached hydrogens (tertiary/aromatic N) is 1. The van der Waals surface area contributed by atoms with Crippen molar-refractivity contribution in [3.8, 4) is 0 Å². The van der Waals surface area contributed by atoms with E-state index in [1.165, 1.54) is 0 Å². The first-order chi connectivity index (χ1) is 7.79. The average Bonchev–Trinajstić information content (AvgIpc) is 2.57. The number of amides is 2. The van der Waals surface area contributed by atoms with Crippen molar-refractivity contribution >= 4 is 6.03 Å². The first-order valence-corrected chi connectivity index (χ1v) is 5.35. The molecule has 0 aliphatic carbocycles. The SMILES string of the molecule is NC(=O)N1CCNCC1C1=CNC=CC=C1. The maximum atomic E-state index is 11.3. The highest BCUT2D eigenvalue weighted by atomic mass is 16.2. The molecule has 1 atom stereocenters.